The molecular formula is C30H24N2O6. The number of carboxylic acids is 1. The molecule has 0 saturated carbocycles. The first kappa shape index (κ1) is 24.6. The molecule has 2 aromatic heterocycles. The molecule has 1 N–H and O–H groups in total. The Labute approximate surface area is 218 Å². The van der Waals surface area contributed by atoms with Gasteiger partial charge in [0.15, 0.2) is 5.76 Å². The first-order valence-electron chi connectivity index (χ1n) is 11.9. The number of hydrogen-bond donors (Lipinski definition) is 1. The summed E-state index contributed by atoms with van der Waals surface area (Å²) in [5, 5.41) is 9.01. The van der Waals surface area contributed by atoms with Gasteiger partial charge in [-0.2, -0.15) is 0 Å². The van der Waals surface area contributed by atoms with E-state index < -0.39 is 5.97 Å². The maximum absolute atomic E-state index is 11.0. The average Bonchev–Trinajstić information content (AvgIpc) is 3.54. The largest absolute Gasteiger partial charge is 0.487 e. The van der Waals surface area contributed by atoms with E-state index in [9.17, 15) is 4.79 Å². The number of oxazole rings is 2. The fourth-order valence-electron chi connectivity index (χ4n) is 3.65. The van der Waals surface area contributed by atoms with Crippen LogP contribution in [0.25, 0.3) is 29.0 Å². The van der Waals surface area contributed by atoms with E-state index in [2.05, 4.69) is 9.97 Å². The maximum atomic E-state index is 11.0. The molecule has 0 spiro atoms. The highest BCUT2D eigenvalue weighted by Crippen LogP contribution is 2.26. The van der Waals surface area contributed by atoms with E-state index in [1.165, 1.54) is 6.08 Å². The minimum atomic E-state index is -1.08. The van der Waals surface area contributed by atoms with E-state index in [1.54, 1.807) is 24.3 Å². The summed E-state index contributed by atoms with van der Waals surface area (Å²) < 4.78 is 23.5. The van der Waals surface area contributed by atoms with Gasteiger partial charge < -0.3 is 23.4 Å². The van der Waals surface area contributed by atoms with Gasteiger partial charge in [0.2, 0.25) is 11.8 Å². The number of nitrogens with zero attached hydrogens (tertiary/aromatic N) is 2. The fourth-order valence-corrected chi connectivity index (χ4v) is 3.65. The van der Waals surface area contributed by atoms with Crippen LogP contribution in [0.2, 0.25) is 0 Å². The van der Waals surface area contributed by atoms with Gasteiger partial charge in [0.05, 0.1) is 0 Å². The van der Waals surface area contributed by atoms with Crippen LogP contribution in [0, 0.1) is 6.92 Å². The minimum absolute atomic E-state index is 0.0692. The molecule has 0 radical (unpaired) electrons. The van der Waals surface area contributed by atoms with E-state index in [0.29, 0.717) is 40.5 Å². The van der Waals surface area contributed by atoms with E-state index in [-0.39, 0.29) is 13.2 Å². The molecule has 0 aliphatic heterocycles. The van der Waals surface area contributed by atoms with Gasteiger partial charge in [-0.25, -0.2) is 14.8 Å². The number of ether oxygens (including phenoxy) is 2. The first-order chi connectivity index (χ1) is 18.5. The zero-order valence-electron chi connectivity index (χ0n) is 20.5. The van der Waals surface area contributed by atoms with Gasteiger partial charge in [-0.15, -0.1) is 0 Å². The van der Waals surface area contributed by atoms with Gasteiger partial charge in [0.25, 0.3) is 0 Å². The summed E-state index contributed by atoms with van der Waals surface area (Å²) in [4.78, 5) is 20.0. The highest BCUT2D eigenvalue weighted by molar-refractivity contribution is 5.85. The summed E-state index contributed by atoms with van der Waals surface area (Å²) in [5.74, 6) is 2.23. The Balaban J connectivity index is 1.22. The van der Waals surface area contributed by atoms with Crippen molar-refractivity contribution in [2.75, 3.05) is 0 Å². The van der Waals surface area contributed by atoms with Crippen LogP contribution >= 0.6 is 0 Å². The van der Waals surface area contributed by atoms with Crippen molar-refractivity contribution in [3.05, 3.63) is 114 Å². The number of benzene rings is 3. The summed E-state index contributed by atoms with van der Waals surface area (Å²) in [5.41, 5.74) is 2.81. The number of carbonyl (C=O) groups is 1. The van der Waals surface area contributed by atoms with Gasteiger partial charge in [0.1, 0.15) is 41.9 Å². The highest BCUT2D eigenvalue weighted by Gasteiger charge is 2.15. The maximum Gasteiger partial charge on any atom is 0.328 e. The van der Waals surface area contributed by atoms with Crippen molar-refractivity contribution >= 4 is 12.0 Å². The van der Waals surface area contributed by atoms with Gasteiger partial charge in [-0.3, -0.25) is 0 Å². The lowest BCUT2D eigenvalue weighted by atomic mass is 10.2. The molecule has 0 amide bonds. The number of aromatic nitrogens is 2. The van der Waals surface area contributed by atoms with Crippen molar-refractivity contribution in [2.24, 2.45) is 0 Å². The van der Waals surface area contributed by atoms with Gasteiger partial charge in [-0.1, -0.05) is 36.4 Å². The Morgan fingerprint density at radius 1 is 0.789 bits per heavy atom. The summed E-state index contributed by atoms with van der Waals surface area (Å²) in [6, 6.07) is 26.2. The van der Waals surface area contributed by atoms with E-state index in [0.717, 1.165) is 22.9 Å². The van der Waals surface area contributed by atoms with Crippen molar-refractivity contribution in [3.63, 3.8) is 0 Å². The number of hydrogen-bond acceptors (Lipinski definition) is 7. The number of aryl methyl sites for hydroxylation is 1. The third-order valence-corrected chi connectivity index (χ3v) is 5.61. The normalized spacial score (nSPS) is 11.1. The quantitative estimate of drug-likeness (QED) is 0.211. The van der Waals surface area contributed by atoms with E-state index >= 15 is 0 Å². The van der Waals surface area contributed by atoms with Gasteiger partial charge in [0, 0.05) is 17.2 Å². The average molecular weight is 509 g/mol. The topological polar surface area (TPSA) is 108 Å². The Bertz CT molecular complexity index is 1540. The molecule has 0 atom stereocenters. The van der Waals surface area contributed by atoms with Crippen molar-refractivity contribution in [2.45, 2.75) is 20.1 Å². The molecule has 38 heavy (non-hydrogen) atoms. The Morgan fingerprint density at radius 2 is 1.34 bits per heavy atom. The number of aliphatic carboxylic acids is 1. The second kappa shape index (κ2) is 11.3. The monoisotopic (exact) mass is 508 g/mol. The molecule has 8 nitrogen and oxygen atoms in total. The molecule has 0 unspecified atom stereocenters. The molecule has 0 aliphatic carbocycles. The van der Waals surface area contributed by atoms with Crippen LogP contribution in [-0.4, -0.2) is 21.0 Å². The van der Waals surface area contributed by atoms with E-state index in [1.807, 2.05) is 67.6 Å². The Hall–Kier alpha value is -5.11. The van der Waals surface area contributed by atoms with Gasteiger partial charge >= 0.3 is 5.97 Å². The molecule has 5 aromatic rings. The summed E-state index contributed by atoms with van der Waals surface area (Å²) in [6.07, 6.45) is 2.41. The predicted octanol–water partition coefficient (Wildman–Crippen LogP) is 6.56. The van der Waals surface area contributed by atoms with Crippen LogP contribution in [0.1, 0.15) is 22.9 Å². The molecule has 8 heteroatoms. The summed E-state index contributed by atoms with van der Waals surface area (Å²) in [7, 11) is 0. The smallest absolute Gasteiger partial charge is 0.328 e. The first-order valence-corrected chi connectivity index (χ1v) is 11.9. The van der Waals surface area contributed by atoms with Crippen molar-refractivity contribution in [1.82, 2.24) is 9.97 Å². The zero-order valence-corrected chi connectivity index (χ0v) is 20.5. The number of carboxylic acid groups (broad SMARTS) is 1. The summed E-state index contributed by atoms with van der Waals surface area (Å²) in [6.45, 7) is 2.20. The lowest BCUT2D eigenvalue weighted by molar-refractivity contribution is -0.131. The minimum Gasteiger partial charge on any atom is -0.487 e. The predicted molar refractivity (Wildman–Crippen MR) is 140 cm³/mol. The van der Waals surface area contributed by atoms with Crippen LogP contribution in [0.15, 0.2) is 99.8 Å². The second-order valence-corrected chi connectivity index (χ2v) is 8.30. The van der Waals surface area contributed by atoms with Crippen LogP contribution < -0.4 is 9.47 Å². The second-order valence-electron chi connectivity index (χ2n) is 8.30. The fraction of sp³-hybridized carbons (Fsp3) is 0.100. The zero-order chi connectivity index (χ0) is 26.3. The Morgan fingerprint density at radius 3 is 1.92 bits per heavy atom. The Kier molecular flexibility index (Phi) is 7.31. The molecular weight excluding hydrogens is 484 g/mol. The van der Waals surface area contributed by atoms with Gasteiger partial charge in [-0.05, 0) is 61.5 Å². The SMILES string of the molecule is Cc1oc(-c2ccccc2)nc1COc1ccc(OCc2oc(-c3ccccc3)nc2C=CC(=O)O)cc1. The molecule has 2 heterocycles. The van der Waals surface area contributed by atoms with Crippen LogP contribution in [0.5, 0.6) is 11.5 Å². The highest BCUT2D eigenvalue weighted by atomic mass is 16.5. The molecule has 0 saturated heterocycles. The van der Waals surface area contributed by atoms with Crippen molar-refractivity contribution in [1.29, 1.82) is 0 Å². The van der Waals surface area contributed by atoms with Crippen LogP contribution in [0.4, 0.5) is 0 Å². The van der Waals surface area contributed by atoms with Crippen molar-refractivity contribution < 1.29 is 28.2 Å². The van der Waals surface area contributed by atoms with Crippen LogP contribution in [-0.2, 0) is 18.0 Å². The molecule has 3 aromatic carbocycles. The third-order valence-electron chi connectivity index (χ3n) is 5.61. The van der Waals surface area contributed by atoms with Crippen LogP contribution in [0.3, 0.4) is 0 Å². The summed E-state index contributed by atoms with van der Waals surface area (Å²) >= 11 is 0. The molecule has 0 bridgehead atoms. The van der Waals surface area contributed by atoms with E-state index in [4.69, 9.17) is 23.4 Å². The molecule has 0 aliphatic rings. The third kappa shape index (κ3) is 5.99. The standard InChI is InChI=1S/C30H24N2O6/c1-20-26(32-29(37-20)21-8-4-2-5-9-21)18-35-23-12-14-24(15-13-23)36-19-27-25(16-17-28(33)34)31-30(38-27)22-10-6-3-7-11-22/h2-17H,18-19H2,1H3,(H,33,34). The molecule has 5 rings (SSSR count). The number of rotatable bonds is 10. The van der Waals surface area contributed by atoms with Crippen molar-refractivity contribution in [3.8, 4) is 34.4 Å². The molecule has 0 fully saturated rings. The molecule has 190 valence electrons. The lowest BCUT2D eigenvalue weighted by Gasteiger charge is -2.07. The lowest BCUT2D eigenvalue weighted by Crippen LogP contribution is -1.99.